The molecule has 4 rings (SSSR count). The molecule has 1 amide bonds. The summed E-state index contributed by atoms with van der Waals surface area (Å²) in [7, 11) is 0. The molecule has 1 aromatic heterocycles. The van der Waals surface area contributed by atoms with E-state index in [0.29, 0.717) is 11.3 Å². The van der Waals surface area contributed by atoms with Gasteiger partial charge in [0.2, 0.25) is 0 Å². The third-order valence-electron chi connectivity index (χ3n) is 6.69. The van der Waals surface area contributed by atoms with Crippen molar-refractivity contribution in [3.63, 3.8) is 0 Å². The van der Waals surface area contributed by atoms with Gasteiger partial charge in [-0.25, -0.2) is 4.39 Å². The fourth-order valence-corrected chi connectivity index (χ4v) is 5.64. The third-order valence-corrected chi connectivity index (χ3v) is 7.87. The van der Waals surface area contributed by atoms with Gasteiger partial charge in [-0.05, 0) is 81.0 Å². The zero-order valence-electron chi connectivity index (χ0n) is 30.3. The molecule has 1 atom stereocenters. The van der Waals surface area contributed by atoms with Crippen LogP contribution in [0.25, 0.3) is 0 Å². The number of ketones is 1. The summed E-state index contributed by atoms with van der Waals surface area (Å²) in [6.45, 7) is 25.2. The molecule has 1 aromatic carbocycles. The summed E-state index contributed by atoms with van der Waals surface area (Å²) in [4.78, 5) is 27.3. The van der Waals surface area contributed by atoms with E-state index >= 15 is 0 Å². The number of hydrogen-bond donors (Lipinski definition) is 2. The van der Waals surface area contributed by atoms with Crippen LogP contribution in [0.1, 0.15) is 135 Å². The van der Waals surface area contributed by atoms with Crippen molar-refractivity contribution in [2.45, 2.75) is 134 Å². The van der Waals surface area contributed by atoms with Crippen LogP contribution in [0.2, 0.25) is 0 Å². The first-order valence-corrected chi connectivity index (χ1v) is 17.6. The fourth-order valence-electron chi connectivity index (χ4n) is 4.60. The van der Waals surface area contributed by atoms with E-state index in [2.05, 4.69) is 38.3 Å². The van der Waals surface area contributed by atoms with Crippen LogP contribution in [0, 0.1) is 0 Å². The zero-order valence-corrected chi connectivity index (χ0v) is 31.1. The van der Waals surface area contributed by atoms with Crippen molar-refractivity contribution in [2.24, 2.45) is 0 Å². The SMILES string of the molecule is CC.CC.CC(=O)C1=CNC2C=CC=C(C)N12.CCC.CCCc1c(C(=O)Nc2cc(CC)cc(C(C)(C)F)c2)csc1CC. The predicted octanol–water partition coefficient (Wildman–Crippen LogP) is 10.9. The van der Waals surface area contributed by atoms with Crippen LogP contribution >= 0.6 is 11.3 Å². The minimum Gasteiger partial charge on any atom is -0.366 e. The molecule has 0 radical (unpaired) electrons. The molecule has 0 fully saturated rings. The summed E-state index contributed by atoms with van der Waals surface area (Å²) in [6.07, 6.45) is 12.8. The molecule has 45 heavy (non-hydrogen) atoms. The smallest absolute Gasteiger partial charge is 0.256 e. The van der Waals surface area contributed by atoms with Gasteiger partial charge in [0.05, 0.1) is 5.56 Å². The number of fused-ring (bicyclic) bond motifs is 1. The Bertz CT molecular complexity index is 1280. The Kier molecular flexibility index (Phi) is 20.0. The normalized spacial score (nSPS) is 14.3. The molecule has 2 aliphatic heterocycles. The van der Waals surface area contributed by atoms with E-state index < -0.39 is 5.67 Å². The summed E-state index contributed by atoms with van der Waals surface area (Å²) in [6, 6.07) is 5.54. The number of thiophene rings is 1. The number of amides is 1. The lowest BCUT2D eigenvalue weighted by Crippen LogP contribution is -2.36. The van der Waals surface area contributed by atoms with E-state index in [0.717, 1.165) is 53.8 Å². The topological polar surface area (TPSA) is 61.4 Å². The van der Waals surface area contributed by atoms with Crippen molar-refractivity contribution in [1.29, 1.82) is 0 Å². The lowest BCUT2D eigenvalue weighted by atomic mass is 9.96. The molecule has 7 heteroatoms. The van der Waals surface area contributed by atoms with Gasteiger partial charge in [0.15, 0.2) is 5.78 Å². The first kappa shape index (κ1) is 41.8. The average molecular weight is 642 g/mol. The van der Waals surface area contributed by atoms with Crippen LogP contribution in [-0.4, -0.2) is 22.8 Å². The first-order chi connectivity index (χ1) is 21.4. The van der Waals surface area contributed by atoms with Crippen LogP contribution in [0.5, 0.6) is 0 Å². The van der Waals surface area contributed by atoms with E-state index in [4.69, 9.17) is 0 Å². The van der Waals surface area contributed by atoms with Crippen LogP contribution < -0.4 is 10.6 Å². The number of hydrogen-bond acceptors (Lipinski definition) is 5. The van der Waals surface area contributed by atoms with Gasteiger partial charge >= 0.3 is 0 Å². The highest BCUT2D eigenvalue weighted by Gasteiger charge is 2.28. The molecule has 0 saturated carbocycles. The minimum absolute atomic E-state index is 0.0954. The van der Waals surface area contributed by atoms with Gasteiger partial charge in [-0.2, -0.15) is 0 Å². The Morgan fingerprint density at radius 3 is 2.16 bits per heavy atom. The Morgan fingerprint density at radius 1 is 1.02 bits per heavy atom. The maximum atomic E-state index is 14.4. The number of rotatable bonds is 8. The quantitative estimate of drug-likeness (QED) is 0.301. The van der Waals surface area contributed by atoms with Crippen molar-refractivity contribution in [2.75, 3.05) is 5.32 Å². The molecule has 1 unspecified atom stereocenters. The van der Waals surface area contributed by atoms with Gasteiger partial charge in [-0.1, -0.05) is 87.3 Å². The van der Waals surface area contributed by atoms with Gasteiger partial charge in [0, 0.05) is 34.8 Å². The molecule has 0 bridgehead atoms. The van der Waals surface area contributed by atoms with Gasteiger partial charge in [-0.15, -0.1) is 11.3 Å². The maximum Gasteiger partial charge on any atom is 0.256 e. The number of nitrogens with one attached hydrogen (secondary N) is 2. The largest absolute Gasteiger partial charge is 0.366 e. The first-order valence-electron chi connectivity index (χ1n) is 16.8. The van der Waals surface area contributed by atoms with Gasteiger partial charge < -0.3 is 15.5 Å². The maximum absolute atomic E-state index is 14.4. The molecule has 3 heterocycles. The molecular weight excluding hydrogens is 582 g/mol. The highest BCUT2D eigenvalue weighted by molar-refractivity contribution is 7.10. The molecular formula is C38H60FN3O2S. The van der Waals surface area contributed by atoms with Gasteiger partial charge in [-0.3, -0.25) is 9.59 Å². The number of halogens is 1. The Balaban J connectivity index is 0.000000806. The molecule has 0 saturated heterocycles. The number of allylic oxidation sites excluding steroid dienone is 4. The Labute approximate surface area is 278 Å². The summed E-state index contributed by atoms with van der Waals surface area (Å²) in [5, 5.41) is 8.07. The molecule has 0 spiro atoms. The standard InChI is InChI=1S/C21H28FNOS.C10H12N2O.C3H8.2C2H6/c1-6-9-17-18(13-25-19(17)8-3)20(24)23-16-11-14(7-2)10-15(12-16)21(4,5)22;1-7-4-3-5-10-11-6-9(8(2)13)12(7)10;1-3-2;2*1-2/h10-13H,6-9H2,1-5H3,(H,23,24);3-6,10-11H,1-2H3;3H2,1-2H3;2*1-2H3. The van der Waals surface area contributed by atoms with Crippen LogP contribution in [0.4, 0.5) is 10.1 Å². The summed E-state index contributed by atoms with van der Waals surface area (Å²) < 4.78 is 14.4. The molecule has 5 nitrogen and oxygen atoms in total. The second-order valence-electron chi connectivity index (χ2n) is 10.8. The number of Topliss-reactive ketones (excluding diaryl/α,β-unsaturated/α-hetero) is 1. The number of alkyl halides is 1. The van der Waals surface area contributed by atoms with E-state index in [1.165, 1.54) is 11.3 Å². The monoisotopic (exact) mass is 641 g/mol. The average Bonchev–Trinajstić information content (AvgIpc) is 3.65. The number of carbonyl (C=O) groups excluding carboxylic acids is 2. The zero-order chi connectivity index (χ0) is 34.7. The van der Waals surface area contributed by atoms with Crippen molar-refractivity contribution in [3.8, 4) is 0 Å². The van der Waals surface area contributed by atoms with Crippen molar-refractivity contribution in [1.82, 2.24) is 10.2 Å². The Morgan fingerprint density at radius 2 is 1.64 bits per heavy atom. The summed E-state index contributed by atoms with van der Waals surface area (Å²) in [5.41, 5.74) is 4.59. The molecule has 2 aliphatic rings. The van der Waals surface area contributed by atoms with Crippen molar-refractivity contribution in [3.05, 3.63) is 86.5 Å². The van der Waals surface area contributed by atoms with Crippen LogP contribution in [0.3, 0.4) is 0 Å². The van der Waals surface area contributed by atoms with Gasteiger partial charge in [0.25, 0.3) is 5.91 Å². The molecule has 2 aromatic rings. The van der Waals surface area contributed by atoms with E-state index in [1.54, 1.807) is 44.4 Å². The van der Waals surface area contributed by atoms with E-state index in [-0.39, 0.29) is 17.9 Å². The summed E-state index contributed by atoms with van der Waals surface area (Å²) >= 11 is 1.65. The second-order valence-corrected chi connectivity index (χ2v) is 11.8. The predicted molar refractivity (Wildman–Crippen MR) is 195 cm³/mol. The molecule has 252 valence electrons. The van der Waals surface area contributed by atoms with Gasteiger partial charge in [0.1, 0.15) is 17.5 Å². The number of benzene rings is 1. The number of nitrogens with zero attached hydrogens (tertiary/aromatic N) is 1. The minimum atomic E-state index is -1.43. The third kappa shape index (κ3) is 12.6. The number of anilines is 1. The molecule has 0 aliphatic carbocycles. The van der Waals surface area contributed by atoms with Crippen LogP contribution in [0.15, 0.2) is 59.4 Å². The second kappa shape index (κ2) is 21.5. The Hall–Kier alpha value is -3.19. The van der Waals surface area contributed by atoms with E-state index in [1.807, 2.05) is 82.2 Å². The van der Waals surface area contributed by atoms with E-state index in [9.17, 15) is 14.0 Å². The van der Waals surface area contributed by atoms with Crippen molar-refractivity contribution >= 4 is 28.7 Å². The van der Waals surface area contributed by atoms with Crippen molar-refractivity contribution < 1.29 is 14.0 Å². The molecule has 2 N–H and O–H groups in total. The number of carbonyl (C=O) groups is 2. The number of aryl methyl sites for hydroxylation is 2. The highest BCUT2D eigenvalue weighted by Crippen LogP contribution is 2.30. The highest BCUT2D eigenvalue weighted by atomic mass is 32.1. The fraction of sp³-hybridized carbons (Fsp3) is 0.526. The summed E-state index contributed by atoms with van der Waals surface area (Å²) in [5.74, 6) is -0.00619. The lowest BCUT2D eigenvalue weighted by molar-refractivity contribution is -0.114. The lowest BCUT2D eigenvalue weighted by Gasteiger charge is -2.28. The van der Waals surface area contributed by atoms with Crippen LogP contribution in [-0.2, 0) is 29.7 Å².